The lowest BCUT2D eigenvalue weighted by atomic mass is 10.2. The molecule has 5 nitrogen and oxygen atoms in total. The topological polar surface area (TPSA) is 66.3 Å². The number of anilines is 1. The zero-order chi connectivity index (χ0) is 12.3. The second-order valence-corrected chi connectivity index (χ2v) is 5.17. The fourth-order valence-electron chi connectivity index (χ4n) is 1.86. The Morgan fingerprint density at radius 2 is 2.53 bits per heavy atom. The molecular weight excluding hydrogens is 238 g/mol. The molecule has 1 N–H and O–H groups in total. The fourth-order valence-corrected chi connectivity index (χ4v) is 2.93. The Bertz CT molecular complexity index is 413. The van der Waals surface area contributed by atoms with Gasteiger partial charge in [0.1, 0.15) is 0 Å². The van der Waals surface area contributed by atoms with Crippen LogP contribution < -0.4 is 4.90 Å². The van der Waals surface area contributed by atoms with E-state index in [-0.39, 0.29) is 12.5 Å². The molecule has 2 rings (SSSR count). The van der Waals surface area contributed by atoms with Gasteiger partial charge in [0, 0.05) is 29.9 Å². The minimum atomic E-state index is -0.768. The van der Waals surface area contributed by atoms with E-state index in [2.05, 4.69) is 9.97 Å². The third-order valence-corrected chi connectivity index (χ3v) is 3.77. The minimum Gasteiger partial charge on any atom is -0.481 e. The van der Waals surface area contributed by atoms with Crippen LogP contribution in [0.1, 0.15) is 12.1 Å². The Kier molecular flexibility index (Phi) is 3.83. The van der Waals surface area contributed by atoms with Crippen molar-refractivity contribution in [3.63, 3.8) is 0 Å². The lowest BCUT2D eigenvalue weighted by molar-refractivity contribution is -0.137. The highest BCUT2D eigenvalue weighted by atomic mass is 32.2. The minimum absolute atomic E-state index is 0.00644. The van der Waals surface area contributed by atoms with Gasteiger partial charge in [-0.25, -0.2) is 9.97 Å². The number of rotatable bonds is 3. The van der Waals surface area contributed by atoms with Gasteiger partial charge in [-0.15, -0.1) is 0 Å². The van der Waals surface area contributed by atoms with E-state index in [1.807, 2.05) is 17.9 Å². The van der Waals surface area contributed by atoms with E-state index >= 15 is 0 Å². The molecule has 1 unspecified atom stereocenters. The first-order chi connectivity index (χ1) is 8.16. The Morgan fingerprint density at radius 3 is 3.24 bits per heavy atom. The average Bonchev–Trinajstić information content (AvgIpc) is 2.29. The number of carboxylic acids is 1. The standard InChI is InChI=1S/C11H15N3O2S/c1-8-2-3-12-11(13-8)14-4-5-17-7-9(14)6-10(15)16/h2-3,9H,4-7H2,1H3,(H,15,16). The van der Waals surface area contributed by atoms with E-state index in [0.29, 0.717) is 5.95 Å². The molecule has 0 saturated carbocycles. The molecule has 1 atom stereocenters. The maximum atomic E-state index is 10.8. The maximum Gasteiger partial charge on any atom is 0.305 e. The van der Waals surface area contributed by atoms with Crippen molar-refractivity contribution in [1.29, 1.82) is 0 Å². The number of aromatic nitrogens is 2. The normalized spacial score (nSPS) is 20.3. The number of aliphatic carboxylic acids is 1. The van der Waals surface area contributed by atoms with Crippen LogP contribution in [0.4, 0.5) is 5.95 Å². The van der Waals surface area contributed by atoms with Crippen LogP contribution in [0, 0.1) is 6.92 Å². The predicted octanol–water partition coefficient (Wildman–Crippen LogP) is 1.18. The summed E-state index contributed by atoms with van der Waals surface area (Å²) in [6, 6.07) is 1.84. The summed E-state index contributed by atoms with van der Waals surface area (Å²) in [6.45, 7) is 2.72. The van der Waals surface area contributed by atoms with Gasteiger partial charge in [-0.1, -0.05) is 0 Å². The van der Waals surface area contributed by atoms with Crippen LogP contribution in [0.3, 0.4) is 0 Å². The Hall–Kier alpha value is -1.30. The molecule has 0 spiro atoms. The highest BCUT2D eigenvalue weighted by molar-refractivity contribution is 7.99. The summed E-state index contributed by atoms with van der Waals surface area (Å²) >= 11 is 1.79. The summed E-state index contributed by atoms with van der Waals surface area (Å²) < 4.78 is 0. The SMILES string of the molecule is Cc1ccnc(N2CCSCC2CC(=O)O)n1. The largest absolute Gasteiger partial charge is 0.481 e. The third kappa shape index (κ3) is 3.09. The summed E-state index contributed by atoms with van der Waals surface area (Å²) in [5.41, 5.74) is 0.905. The van der Waals surface area contributed by atoms with Gasteiger partial charge >= 0.3 is 5.97 Å². The summed E-state index contributed by atoms with van der Waals surface area (Å²) in [5.74, 6) is 1.70. The molecule has 1 saturated heterocycles. The molecule has 0 radical (unpaired) electrons. The van der Waals surface area contributed by atoms with Crippen LogP contribution in [0.15, 0.2) is 12.3 Å². The molecule has 1 fully saturated rings. The summed E-state index contributed by atoms with van der Waals surface area (Å²) in [5, 5.41) is 8.91. The summed E-state index contributed by atoms with van der Waals surface area (Å²) in [4.78, 5) is 21.4. The van der Waals surface area contributed by atoms with Crippen molar-refractivity contribution in [2.45, 2.75) is 19.4 Å². The molecule has 2 heterocycles. The molecule has 0 bridgehead atoms. The molecule has 17 heavy (non-hydrogen) atoms. The Balaban J connectivity index is 2.18. The van der Waals surface area contributed by atoms with E-state index < -0.39 is 5.97 Å². The van der Waals surface area contributed by atoms with E-state index in [4.69, 9.17) is 5.11 Å². The molecule has 0 aliphatic carbocycles. The van der Waals surface area contributed by atoms with Crippen molar-refractivity contribution < 1.29 is 9.90 Å². The van der Waals surface area contributed by atoms with Crippen molar-refractivity contribution in [3.8, 4) is 0 Å². The number of thioether (sulfide) groups is 1. The number of aryl methyl sites for hydroxylation is 1. The van der Waals surface area contributed by atoms with Crippen LogP contribution in [-0.2, 0) is 4.79 Å². The monoisotopic (exact) mass is 253 g/mol. The van der Waals surface area contributed by atoms with E-state index in [0.717, 1.165) is 23.7 Å². The smallest absolute Gasteiger partial charge is 0.305 e. The van der Waals surface area contributed by atoms with Gasteiger partial charge in [-0.2, -0.15) is 11.8 Å². The maximum absolute atomic E-state index is 10.8. The average molecular weight is 253 g/mol. The van der Waals surface area contributed by atoms with Crippen molar-refractivity contribution in [2.75, 3.05) is 23.0 Å². The zero-order valence-electron chi connectivity index (χ0n) is 9.67. The first kappa shape index (κ1) is 12.2. The second-order valence-electron chi connectivity index (χ2n) is 4.02. The lowest BCUT2D eigenvalue weighted by Gasteiger charge is -2.34. The molecule has 1 aromatic heterocycles. The Morgan fingerprint density at radius 1 is 1.71 bits per heavy atom. The first-order valence-corrected chi connectivity index (χ1v) is 6.68. The highest BCUT2D eigenvalue weighted by Crippen LogP contribution is 2.22. The molecule has 92 valence electrons. The number of carboxylic acid groups (broad SMARTS) is 1. The van der Waals surface area contributed by atoms with Gasteiger partial charge in [-0.3, -0.25) is 4.79 Å². The summed E-state index contributed by atoms with van der Waals surface area (Å²) in [6.07, 6.45) is 1.86. The van der Waals surface area contributed by atoms with Gasteiger partial charge < -0.3 is 10.0 Å². The van der Waals surface area contributed by atoms with Crippen LogP contribution in [0.25, 0.3) is 0 Å². The summed E-state index contributed by atoms with van der Waals surface area (Å²) in [7, 11) is 0. The first-order valence-electron chi connectivity index (χ1n) is 5.52. The quantitative estimate of drug-likeness (QED) is 0.872. The number of nitrogens with zero attached hydrogens (tertiary/aromatic N) is 3. The predicted molar refractivity (Wildman–Crippen MR) is 67.5 cm³/mol. The molecular formula is C11H15N3O2S. The van der Waals surface area contributed by atoms with Crippen LogP contribution in [0.2, 0.25) is 0 Å². The van der Waals surface area contributed by atoms with Crippen molar-refractivity contribution in [1.82, 2.24) is 9.97 Å². The van der Waals surface area contributed by atoms with E-state index in [1.54, 1.807) is 18.0 Å². The third-order valence-electron chi connectivity index (χ3n) is 2.68. The van der Waals surface area contributed by atoms with Gasteiger partial charge in [0.2, 0.25) is 5.95 Å². The second kappa shape index (κ2) is 5.35. The zero-order valence-corrected chi connectivity index (χ0v) is 10.5. The number of carbonyl (C=O) groups is 1. The van der Waals surface area contributed by atoms with Gasteiger partial charge in [0.05, 0.1) is 12.5 Å². The molecule has 0 amide bonds. The fraction of sp³-hybridized carbons (Fsp3) is 0.545. The molecule has 6 heteroatoms. The van der Waals surface area contributed by atoms with Gasteiger partial charge in [-0.05, 0) is 13.0 Å². The van der Waals surface area contributed by atoms with Gasteiger partial charge in [0.25, 0.3) is 0 Å². The molecule has 1 aromatic rings. The molecule has 0 aromatic carbocycles. The highest BCUT2D eigenvalue weighted by Gasteiger charge is 2.26. The van der Waals surface area contributed by atoms with Crippen LogP contribution in [-0.4, -0.2) is 45.1 Å². The van der Waals surface area contributed by atoms with Gasteiger partial charge in [0.15, 0.2) is 0 Å². The van der Waals surface area contributed by atoms with Crippen LogP contribution >= 0.6 is 11.8 Å². The van der Waals surface area contributed by atoms with Crippen molar-refractivity contribution in [2.24, 2.45) is 0 Å². The Labute approximate surface area is 104 Å². The van der Waals surface area contributed by atoms with E-state index in [9.17, 15) is 4.79 Å². The molecule has 1 aliphatic rings. The molecule has 1 aliphatic heterocycles. The number of hydrogen-bond donors (Lipinski definition) is 1. The van der Waals surface area contributed by atoms with Crippen molar-refractivity contribution >= 4 is 23.7 Å². The van der Waals surface area contributed by atoms with E-state index in [1.165, 1.54) is 0 Å². The number of hydrogen-bond acceptors (Lipinski definition) is 5. The lowest BCUT2D eigenvalue weighted by Crippen LogP contribution is -2.44. The van der Waals surface area contributed by atoms with Crippen molar-refractivity contribution in [3.05, 3.63) is 18.0 Å². The van der Waals surface area contributed by atoms with Crippen LogP contribution in [0.5, 0.6) is 0 Å².